The normalized spacial score (nSPS) is 19.9. The van der Waals surface area contributed by atoms with Gasteiger partial charge in [0.1, 0.15) is 0 Å². The van der Waals surface area contributed by atoms with E-state index in [-0.39, 0.29) is 6.04 Å². The molecule has 2 aliphatic heterocycles. The molecule has 0 saturated carbocycles. The second-order valence-corrected chi connectivity index (χ2v) is 6.49. The minimum absolute atomic E-state index is 0.187. The summed E-state index contributed by atoms with van der Waals surface area (Å²) in [6.45, 7) is 5.29. The number of guanidine groups is 1. The summed E-state index contributed by atoms with van der Waals surface area (Å²) in [4.78, 5) is 9.75. The lowest BCUT2D eigenvalue weighted by molar-refractivity contribution is 0.230. The first kappa shape index (κ1) is 14.6. The number of halogens is 1. The standard InChI is InChI=1S/C19H20ClN3/c1-2-22-11-6-12-23-18(14-7-4-3-5-8-14)16-13-15(20)9-10-17(16)21-19(22)23/h3-5,7-10,13,18H,2,6,11-12H2,1H3. The molecule has 0 radical (unpaired) electrons. The summed E-state index contributed by atoms with van der Waals surface area (Å²) >= 11 is 6.28. The number of hydrogen-bond acceptors (Lipinski definition) is 3. The first-order valence-corrected chi connectivity index (χ1v) is 8.60. The van der Waals surface area contributed by atoms with Crippen LogP contribution in [0.2, 0.25) is 5.02 Å². The second-order valence-electron chi connectivity index (χ2n) is 6.05. The predicted molar refractivity (Wildman–Crippen MR) is 95.4 cm³/mol. The minimum atomic E-state index is 0.187. The Morgan fingerprint density at radius 3 is 2.74 bits per heavy atom. The van der Waals surface area contributed by atoms with Crippen LogP contribution in [-0.2, 0) is 0 Å². The van der Waals surface area contributed by atoms with Gasteiger partial charge in [0.2, 0.25) is 5.96 Å². The number of nitrogens with zero attached hydrogens (tertiary/aromatic N) is 3. The third kappa shape index (κ3) is 2.49. The summed E-state index contributed by atoms with van der Waals surface area (Å²) in [7, 11) is 0. The molecular weight excluding hydrogens is 306 g/mol. The maximum absolute atomic E-state index is 6.28. The van der Waals surface area contributed by atoms with Crippen LogP contribution in [-0.4, -0.2) is 35.4 Å². The molecule has 0 bridgehead atoms. The predicted octanol–water partition coefficient (Wildman–Crippen LogP) is 4.46. The molecule has 4 rings (SSSR count). The molecule has 0 spiro atoms. The Kier molecular flexibility index (Phi) is 3.74. The summed E-state index contributed by atoms with van der Waals surface area (Å²) < 4.78 is 0. The van der Waals surface area contributed by atoms with Crippen molar-refractivity contribution in [1.29, 1.82) is 0 Å². The van der Waals surface area contributed by atoms with Crippen LogP contribution < -0.4 is 0 Å². The van der Waals surface area contributed by atoms with Crippen LogP contribution in [0.15, 0.2) is 53.5 Å². The van der Waals surface area contributed by atoms with Gasteiger partial charge in [0.25, 0.3) is 0 Å². The van der Waals surface area contributed by atoms with Crippen molar-refractivity contribution < 1.29 is 0 Å². The van der Waals surface area contributed by atoms with E-state index in [1.165, 1.54) is 11.1 Å². The van der Waals surface area contributed by atoms with E-state index in [0.29, 0.717) is 0 Å². The summed E-state index contributed by atoms with van der Waals surface area (Å²) in [6, 6.07) is 16.9. The van der Waals surface area contributed by atoms with Gasteiger partial charge in [0.15, 0.2) is 0 Å². The van der Waals surface area contributed by atoms with Crippen molar-refractivity contribution in [1.82, 2.24) is 9.80 Å². The van der Waals surface area contributed by atoms with Gasteiger partial charge in [-0.05, 0) is 37.1 Å². The molecule has 0 N–H and O–H groups in total. The Labute approximate surface area is 142 Å². The topological polar surface area (TPSA) is 18.8 Å². The SMILES string of the molecule is CCN1CCCN2C1=Nc1ccc(Cl)cc1C2c1ccccc1. The zero-order valence-corrected chi connectivity index (χ0v) is 14.0. The Morgan fingerprint density at radius 2 is 1.96 bits per heavy atom. The van der Waals surface area contributed by atoms with E-state index in [9.17, 15) is 0 Å². The molecule has 4 heteroatoms. The molecule has 23 heavy (non-hydrogen) atoms. The van der Waals surface area contributed by atoms with Gasteiger partial charge in [-0.15, -0.1) is 0 Å². The molecular formula is C19H20ClN3. The van der Waals surface area contributed by atoms with Gasteiger partial charge in [-0.2, -0.15) is 0 Å². The Morgan fingerprint density at radius 1 is 1.13 bits per heavy atom. The van der Waals surface area contributed by atoms with Crippen molar-refractivity contribution in [3.8, 4) is 0 Å². The quantitative estimate of drug-likeness (QED) is 0.812. The number of rotatable bonds is 2. The highest BCUT2D eigenvalue weighted by atomic mass is 35.5. The van der Waals surface area contributed by atoms with Crippen LogP contribution in [0.5, 0.6) is 0 Å². The Bertz CT molecular complexity index is 742. The van der Waals surface area contributed by atoms with Crippen molar-refractivity contribution in [3.05, 3.63) is 64.7 Å². The highest BCUT2D eigenvalue weighted by Crippen LogP contribution is 2.41. The van der Waals surface area contributed by atoms with Gasteiger partial charge < -0.3 is 9.80 Å². The molecule has 2 aliphatic rings. The molecule has 1 atom stereocenters. The fourth-order valence-electron chi connectivity index (χ4n) is 3.61. The monoisotopic (exact) mass is 325 g/mol. The third-order valence-electron chi connectivity index (χ3n) is 4.68. The van der Waals surface area contributed by atoms with Gasteiger partial charge in [0, 0.05) is 30.2 Å². The van der Waals surface area contributed by atoms with Crippen molar-refractivity contribution in [2.45, 2.75) is 19.4 Å². The molecule has 2 aromatic carbocycles. The lowest BCUT2D eigenvalue weighted by atomic mass is 9.93. The van der Waals surface area contributed by atoms with Crippen molar-refractivity contribution in [2.75, 3.05) is 19.6 Å². The van der Waals surface area contributed by atoms with Crippen LogP contribution in [0.4, 0.5) is 5.69 Å². The lowest BCUT2D eigenvalue weighted by Crippen LogP contribution is -2.52. The maximum atomic E-state index is 6.28. The lowest BCUT2D eigenvalue weighted by Gasteiger charge is -2.45. The highest BCUT2D eigenvalue weighted by Gasteiger charge is 2.35. The van der Waals surface area contributed by atoms with Crippen LogP contribution >= 0.6 is 11.6 Å². The number of hydrogen-bond donors (Lipinski definition) is 0. The molecule has 0 amide bonds. The average molecular weight is 326 g/mol. The molecule has 2 aromatic rings. The van der Waals surface area contributed by atoms with Gasteiger partial charge in [-0.3, -0.25) is 0 Å². The van der Waals surface area contributed by atoms with E-state index in [1.54, 1.807) is 0 Å². The zero-order chi connectivity index (χ0) is 15.8. The van der Waals surface area contributed by atoms with Crippen LogP contribution in [0.3, 0.4) is 0 Å². The molecule has 0 aromatic heterocycles. The Hall–Kier alpha value is -2.00. The van der Waals surface area contributed by atoms with Crippen LogP contribution in [0, 0.1) is 0 Å². The zero-order valence-electron chi connectivity index (χ0n) is 13.2. The molecule has 2 heterocycles. The van der Waals surface area contributed by atoms with E-state index in [1.807, 2.05) is 12.1 Å². The van der Waals surface area contributed by atoms with Gasteiger partial charge in [0.05, 0.1) is 11.7 Å². The summed E-state index contributed by atoms with van der Waals surface area (Å²) in [5.41, 5.74) is 3.53. The number of benzene rings is 2. The molecule has 1 saturated heterocycles. The fraction of sp³-hybridized carbons (Fsp3) is 0.316. The summed E-state index contributed by atoms with van der Waals surface area (Å²) in [6.07, 6.45) is 1.16. The Balaban J connectivity index is 1.90. The van der Waals surface area contributed by atoms with Gasteiger partial charge in [-0.25, -0.2) is 4.99 Å². The van der Waals surface area contributed by atoms with Crippen molar-refractivity contribution in [3.63, 3.8) is 0 Å². The van der Waals surface area contributed by atoms with E-state index in [2.05, 4.69) is 53.1 Å². The maximum Gasteiger partial charge on any atom is 0.202 e. The molecule has 0 aliphatic carbocycles. The number of fused-ring (bicyclic) bond motifs is 2. The molecule has 1 unspecified atom stereocenters. The summed E-state index contributed by atoms with van der Waals surface area (Å²) in [5, 5.41) is 0.771. The van der Waals surface area contributed by atoms with Crippen LogP contribution in [0.25, 0.3) is 0 Å². The first-order valence-electron chi connectivity index (χ1n) is 8.22. The molecule has 3 nitrogen and oxygen atoms in total. The van der Waals surface area contributed by atoms with E-state index in [4.69, 9.17) is 16.6 Å². The smallest absolute Gasteiger partial charge is 0.202 e. The largest absolute Gasteiger partial charge is 0.343 e. The third-order valence-corrected chi connectivity index (χ3v) is 4.92. The van der Waals surface area contributed by atoms with Crippen LogP contribution in [0.1, 0.15) is 30.5 Å². The van der Waals surface area contributed by atoms with Crippen molar-refractivity contribution >= 4 is 23.2 Å². The second kappa shape index (κ2) is 5.89. The average Bonchev–Trinajstić information content (AvgIpc) is 2.60. The number of aliphatic imine (C=N–C) groups is 1. The van der Waals surface area contributed by atoms with E-state index < -0.39 is 0 Å². The minimum Gasteiger partial charge on any atom is -0.343 e. The molecule has 118 valence electrons. The first-order chi connectivity index (χ1) is 11.3. The fourth-order valence-corrected chi connectivity index (χ4v) is 3.79. The van der Waals surface area contributed by atoms with Gasteiger partial charge in [-0.1, -0.05) is 41.9 Å². The van der Waals surface area contributed by atoms with E-state index >= 15 is 0 Å². The summed E-state index contributed by atoms with van der Waals surface area (Å²) in [5.74, 6) is 1.10. The van der Waals surface area contributed by atoms with E-state index in [0.717, 1.165) is 42.7 Å². The van der Waals surface area contributed by atoms with Gasteiger partial charge >= 0.3 is 0 Å². The highest BCUT2D eigenvalue weighted by molar-refractivity contribution is 6.30. The molecule has 1 fully saturated rings. The van der Waals surface area contributed by atoms with Crippen molar-refractivity contribution in [2.24, 2.45) is 4.99 Å².